The Bertz CT molecular complexity index is 996. The molecular weight excluding hydrogens is 418 g/mol. The van der Waals surface area contributed by atoms with Crippen molar-refractivity contribution in [3.8, 4) is 0 Å². The molecule has 1 saturated heterocycles. The van der Waals surface area contributed by atoms with Gasteiger partial charge in [0.15, 0.2) is 11.6 Å². The third kappa shape index (κ3) is 5.13. The Hall–Kier alpha value is -3.27. The zero-order valence-corrected chi connectivity index (χ0v) is 18.2. The number of allylic oxidation sites excluding steroid dienone is 1. The van der Waals surface area contributed by atoms with Crippen LogP contribution in [0.2, 0.25) is 0 Å². The van der Waals surface area contributed by atoms with E-state index in [1.54, 1.807) is 4.90 Å². The van der Waals surface area contributed by atoms with E-state index in [0.717, 1.165) is 18.2 Å². The van der Waals surface area contributed by atoms with Gasteiger partial charge >= 0.3 is 0 Å². The Kier molecular flexibility index (Phi) is 7.57. The number of hydrogen-bond acceptors (Lipinski definition) is 6. The molecule has 1 fully saturated rings. The van der Waals surface area contributed by atoms with Crippen molar-refractivity contribution in [1.29, 1.82) is 0 Å². The number of halogens is 2. The molecule has 1 aromatic rings. The lowest BCUT2D eigenvalue weighted by Crippen LogP contribution is -2.43. The molecule has 8 nitrogen and oxygen atoms in total. The molecule has 32 heavy (non-hydrogen) atoms. The van der Waals surface area contributed by atoms with Crippen molar-refractivity contribution in [2.75, 3.05) is 33.4 Å². The molecule has 0 saturated carbocycles. The van der Waals surface area contributed by atoms with E-state index < -0.39 is 17.3 Å². The third-order valence-electron chi connectivity index (χ3n) is 5.47. The van der Waals surface area contributed by atoms with Gasteiger partial charge in [-0.15, -0.1) is 0 Å². The van der Waals surface area contributed by atoms with Crippen molar-refractivity contribution in [2.24, 2.45) is 21.5 Å². The first kappa shape index (κ1) is 23.4. The second-order valence-electron chi connectivity index (χ2n) is 7.62. The van der Waals surface area contributed by atoms with Gasteiger partial charge in [0.05, 0.1) is 19.2 Å². The lowest BCUT2D eigenvalue weighted by molar-refractivity contribution is -0.128. The lowest BCUT2D eigenvalue weighted by atomic mass is 10.0. The first-order valence-electron chi connectivity index (χ1n) is 10.3. The average Bonchev–Trinajstić information content (AvgIpc) is 3.28. The Morgan fingerprint density at radius 2 is 2.16 bits per heavy atom. The number of benzene rings is 1. The monoisotopic (exact) mass is 446 g/mol. The molecule has 10 heteroatoms. The van der Waals surface area contributed by atoms with Crippen LogP contribution in [0, 0.1) is 11.6 Å². The number of nitrogens with two attached hydrogens (primary N) is 2. The molecule has 1 amide bonds. The summed E-state index contributed by atoms with van der Waals surface area (Å²) >= 11 is 0. The normalized spacial score (nSPS) is 20.4. The fraction of sp³-hybridized carbons (Fsp3) is 0.409. The molecular formula is C22H28F2N6O2. The highest BCUT2D eigenvalue weighted by atomic mass is 19.1. The molecule has 0 bridgehead atoms. The minimum absolute atomic E-state index is 0.0514. The van der Waals surface area contributed by atoms with Crippen LogP contribution >= 0.6 is 0 Å². The van der Waals surface area contributed by atoms with Gasteiger partial charge in [0, 0.05) is 68.4 Å². The number of aliphatic imine (C=N–C) groups is 2. The van der Waals surface area contributed by atoms with Crippen LogP contribution < -0.4 is 16.8 Å². The maximum absolute atomic E-state index is 15.2. The van der Waals surface area contributed by atoms with Crippen LogP contribution in [0.3, 0.4) is 0 Å². The van der Waals surface area contributed by atoms with E-state index in [4.69, 9.17) is 16.2 Å². The highest BCUT2D eigenvalue weighted by Gasteiger charge is 2.26. The molecule has 0 aromatic heterocycles. The van der Waals surface area contributed by atoms with Crippen molar-refractivity contribution in [3.63, 3.8) is 0 Å². The van der Waals surface area contributed by atoms with Gasteiger partial charge in [-0.25, -0.2) is 13.8 Å². The van der Waals surface area contributed by atoms with E-state index in [1.807, 2.05) is 0 Å². The predicted molar refractivity (Wildman–Crippen MR) is 120 cm³/mol. The molecule has 0 spiro atoms. The minimum Gasteiger partial charge on any atom is -0.404 e. The molecule has 2 aliphatic heterocycles. The third-order valence-corrected chi connectivity index (χ3v) is 5.47. The highest BCUT2D eigenvalue weighted by Crippen LogP contribution is 2.29. The first-order valence-corrected chi connectivity index (χ1v) is 10.3. The number of carbonyl (C=O) groups excluding carboxylic acids is 1. The number of rotatable bonds is 6. The second kappa shape index (κ2) is 10.4. The maximum Gasteiger partial charge on any atom is 0.219 e. The van der Waals surface area contributed by atoms with Crippen LogP contribution in [0.1, 0.15) is 25.3 Å². The number of amidine groups is 1. The van der Waals surface area contributed by atoms with E-state index >= 15 is 4.39 Å². The van der Waals surface area contributed by atoms with Gasteiger partial charge in [-0.2, -0.15) is 0 Å². The summed E-state index contributed by atoms with van der Waals surface area (Å²) in [6.45, 7) is 3.39. The van der Waals surface area contributed by atoms with Crippen molar-refractivity contribution >= 4 is 29.2 Å². The molecule has 172 valence electrons. The van der Waals surface area contributed by atoms with Gasteiger partial charge in [-0.1, -0.05) is 0 Å². The molecule has 2 aliphatic rings. The minimum atomic E-state index is -0.900. The topological polar surface area (TPSA) is 118 Å². The van der Waals surface area contributed by atoms with E-state index in [1.165, 1.54) is 32.5 Å². The first-order chi connectivity index (χ1) is 15.3. The summed E-state index contributed by atoms with van der Waals surface area (Å²) in [7, 11) is 1.52. The molecule has 0 aliphatic carbocycles. The van der Waals surface area contributed by atoms with Gasteiger partial charge in [0.1, 0.15) is 11.5 Å². The van der Waals surface area contributed by atoms with Crippen LogP contribution in [0.15, 0.2) is 39.6 Å². The summed E-state index contributed by atoms with van der Waals surface area (Å²) < 4.78 is 35.1. The quantitative estimate of drug-likeness (QED) is 0.455. The Labute approximate surface area is 185 Å². The summed E-state index contributed by atoms with van der Waals surface area (Å²) in [6, 6.07) is 2.48. The Balaban J connectivity index is 2.03. The smallest absolute Gasteiger partial charge is 0.219 e. The molecule has 1 atom stereocenters. The van der Waals surface area contributed by atoms with E-state index in [9.17, 15) is 9.18 Å². The summed E-state index contributed by atoms with van der Waals surface area (Å²) in [5.74, 6) is -1.94. The number of nitrogens with one attached hydrogen (secondary N) is 1. The van der Waals surface area contributed by atoms with Crippen molar-refractivity contribution in [3.05, 3.63) is 46.8 Å². The van der Waals surface area contributed by atoms with Crippen LogP contribution in [0.5, 0.6) is 0 Å². The Morgan fingerprint density at radius 3 is 2.78 bits per heavy atom. The van der Waals surface area contributed by atoms with Crippen LogP contribution in [0.4, 0.5) is 14.5 Å². The van der Waals surface area contributed by atoms with Crippen LogP contribution in [-0.4, -0.2) is 62.3 Å². The average molecular weight is 447 g/mol. The molecule has 1 aromatic carbocycles. The number of ether oxygens (including phenoxy) is 1. The zero-order chi connectivity index (χ0) is 23.3. The van der Waals surface area contributed by atoms with E-state index in [0.29, 0.717) is 31.8 Å². The van der Waals surface area contributed by atoms with Gasteiger partial charge in [-0.3, -0.25) is 9.79 Å². The standard InChI is InChI=1S/C22H28F2N6O2/c1-13(31)30-7-5-19(28-15-6-8-32-12-15)17(11-30)22(26)29-21-18(23)4-3-16(20(21)24)14(9-25)10-27-2/h3-4,9-10,15,28H,5-8,11-12,25H2,1-2H3,(H2,26,29)/t15-/m1/s1. The lowest BCUT2D eigenvalue weighted by Gasteiger charge is -2.31. The van der Waals surface area contributed by atoms with Gasteiger partial charge in [0.25, 0.3) is 0 Å². The van der Waals surface area contributed by atoms with Gasteiger partial charge in [-0.05, 0) is 18.6 Å². The van der Waals surface area contributed by atoms with Gasteiger partial charge < -0.3 is 26.4 Å². The van der Waals surface area contributed by atoms with Crippen molar-refractivity contribution in [1.82, 2.24) is 10.2 Å². The maximum atomic E-state index is 15.2. The summed E-state index contributed by atoms with van der Waals surface area (Å²) in [6.07, 6.45) is 3.91. The fourth-order valence-corrected chi connectivity index (χ4v) is 3.72. The Morgan fingerprint density at radius 1 is 1.38 bits per heavy atom. The summed E-state index contributed by atoms with van der Waals surface area (Å²) in [4.78, 5) is 21.5. The van der Waals surface area contributed by atoms with Gasteiger partial charge in [0.2, 0.25) is 5.91 Å². The molecule has 0 unspecified atom stereocenters. The van der Waals surface area contributed by atoms with Crippen LogP contribution in [0.25, 0.3) is 5.57 Å². The highest BCUT2D eigenvalue weighted by molar-refractivity contribution is 6.10. The zero-order valence-electron chi connectivity index (χ0n) is 18.2. The van der Waals surface area contributed by atoms with Crippen LogP contribution in [-0.2, 0) is 9.53 Å². The summed E-state index contributed by atoms with van der Waals surface area (Å²) in [5, 5.41) is 3.40. The summed E-state index contributed by atoms with van der Waals surface area (Å²) in [5.41, 5.74) is 13.0. The molecule has 3 rings (SSSR count). The number of amides is 1. The number of nitrogens with zero attached hydrogens (tertiary/aromatic N) is 3. The van der Waals surface area contributed by atoms with E-state index in [-0.39, 0.29) is 35.5 Å². The van der Waals surface area contributed by atoms with Crippen molar-refractivity contribution in [2.45, 2.75) is 25.8 Å². The SMILES string of the molecule is CN=CC(=CN)c1ccc(F)c(N=C(N)C2=C(N[C@@H]3CCOC3)CCN(C(C)=O)C2)c1F. The molecule has 0 radical (unpaired) electrons. The number of carbonyl (C=O) groups is 1. The largest absolute Gasteiger partial charge is 0.404 e. The van der Waals surface area contributed by atoms with Crippen molar-refractivity contribution < 1.29 is 18.3 Å². The fourth-order valence-electron chi connectivity index (χ4n) is 3.72. The van der Waals surface area contributed by atoms with E-state index in [2.05, 4.69) is 15.3 Å². The molecule has 2 heterocycles. The predicted octanol–water partition coefficient (Wildman–Crippen LogP) is 1.84. The molecule has 5 N–H and O–H groups in total. The second-order valence-corrected chi connectivity index (χ2v) is 7.62. The number of hydrogen-bond donors (Lipinski definition) is 3.